The molecule has 0 spiro atoms. The summed E-state index contributed by atoms with van der Waals surface area (Å²) in [5, 5.41) is 0. The van der Waals surface area contributed by atoms with E-state index in [-0.39, 0.29) is 5.54 Å². The molecule has 1 aromatic heterocycles. The van der Waals surface area contributed by atoms with Gasteiger partial charge in [0.2, 0.25) is 5.95 Å². The van der Waals surface area contributed by atoms with Gasteiger partial charge < -0.3 is 15.2 Å². The van der Waals surface area contributed by atoms with Gasteiger partial charge in [0.05, 0.1) is 11.0 Å². The lowest BCUT2D eigenvalue weighted by Crippen LogP contribution is -2.45. The summed E-state index contributed by atoms with van der Waals surface area (Å²) < 4.78 is 3.39. The maximum absolute atomic E-state index is 6.17. The topological polar surface area (TPSA) is 47.1 Å². The first-order chi connectivity index (χ1) is 9.52. The van der Waals surface area contributed by atoms with Crippen molar-refractivity contribution in [2.75, 3.05) is 19.8 Å². The van der Waals surface area contributed by atoms with Gasteiger partial charge in [-0.1, -0.05) is 12.8 Å². The van der Waals surface area contributed by atoms with Crippen molar-refractivity contribution in [3.05, 3.63) is 21.8 Å². The minimum Gasteiger partial charge on any atom is -0.369 e. The Labute approximate surface area is 133 Å². The third kappa shape index (κ3) is 2.30. The number of halogens is 1. The van der Waals surface area contributed by atoms with Crippen LogP contribution in [0.3, 0.4) is 0 Å². The third-order valence-corrected chi connectivity index (χ3v) is 5.35. The summed E-state index contributed by atoms with van der Waals surface area (Å²) in [6, 6.07) is 6.36. The van der Waals surface area contributed by atoms with Crippen molar-refractivity contribution in [3.63, 3.8) is 0 Å². The minimum atomic E-state index is 0.227. The highest BCUT2D eigenvalue weighted by atomic mass is 127. The van der Waals surface area contributed by atoms with Crippen molar-refractivity contribution in [1.29, 1.82) is 0 Å². The molecular weight excluding hydrogens is 363 g/mol. The molecule has 0 unspecified atom stereocenters. The van der Waals surface area contributed by atoms with Gasteiger partial charge in [-0.05, 0) is 67.7 Å². The number of nitrogen functional groups attached to an aromatic ring is 1. The van der Waals surface area contributed by atoms with E-state index < -0.39 is 0 Å². The minimum absolute atomic E-state index is 0.227. The van der Waals surface area contributed by atoms with E-state index in [1.807, 2.05) is 0 Å². The van der Waals surface area contributed by atoms with E-state index in [2.05, 4.69) is 69.3 Å². The average Bonchev–Trinajstić information content (AvgIpc) is 2.96. The molecule has 2 aromatic rings. The van der Waals surface area contributed by atoms with E-state index in [0.717, 1.165) is 17.6 Å². The van der Waals surface area contributed by atoms with Crippen LogP contribution in [-0.4, -0.2) is 34.1 Å². The third-order valence-electron chi connectivity index (χ3n) is 4.68. The molecule has 0 saturated heterocycles. The number of hydrogen-bond acceptors (Lipinski definition) is 3. The predicted octanol–water partition coefficient (Wildman–Crippen LogP) is 3.10. The van der Waals surface area contributed by atoms with Crippen LogP contribution in [-0.2, 0) is 6.54 Å². The van der Waals surface area contributed by atoms with Crippen molar-refractivity contribution in [3.8, 4) is 0 Å². The lowest BCUT2D eigenvalue weighted by atomic mass is 9.96. The van der Waals surface area contributed by atoms with Gasteiger partial charge in [-0.3, -0.25) is 0 Å². The molecule has 3 rings (SSSR count). The van der Waals surface area contributed by atoms with Crippen molar-refractivity contribution < 1.29 is 0 Å². The van der Waals surface area contributed by atoms with E-state index in [1.165, 1.54) is 29.3 Å². The molecule has 0 aliphatic heterocycles. The summed E-state index contributed by atoms with van der Waals surface area (Å²) >= 11 is 2.31. The lowest BCUT2D eigenvalue weighted by molar-refractivity contribution is 0.136. The van der Waals surface area contributed by atoms with Crippen LogP contribution in [0.15, 0.2) is 18.2 Å². The molecule has 4 nitrogen and oxygen atoms in total. The zero-order chi connectivity index (χ0) is 14.3. The molecule has 1 aromatic carbocycles. The second kappa shape index (κ2) is 5.18. The molecule has 5 heteroatoms. The van der Waals surface area contributed by atoms with Gasteiger partial charge in [-0.2, -0.15) is 0 Å². The van der Waals surface area contributed by atoms with Gasteiger partial charge in [0.15, 0.2) is 0 Å². The fraction of sp³-hybridized carbons (Fsp3) is 0.533. The predicted molar refractivity (Wildman–Crippen MR) is 91.7 cm³/mol. The van der Waals surface area contributed by atoms with Crippen molar-refractivity contribution in [2.24, 2.45) is 0 Å². The molecule has 1 aliphatic carbocycles. The van der Waals surface area contributed by atoms with Gasteiger partial charge in [-0.15, -0.1) is 0 Å². The van der Waals surface area contributed by atoms with Gasteiger partial charge in [0, 0.05) is 15.7 Å². The number of hydrogen-bond donors (Lipinski definition) is 1. The number of likely N-dealkylation sites (N-methyl/N-ethyl adjacent to an activating group) is 1. The maximum atomic E-state index is 6.17. The highest BCUT2D eigenvalue weighted by Crippen LogP contribution is 2.36. The molecule has 0 amide bonds. The molecule has 20 heavy (non-hydrogen) atoms. The summed E-state index contributed by atoms with van der Waals surface area (Å²) in [5.41, 5.74) is 8.55. The van der Waals surface area contributed by atoms with E-state index >= 15 is 0 Å². The highest BCUT2D eigenvalue weighted by Gasteiger charge is 2.37. The molecule has 0 atom stereocenters. The van der Waals surface area contributed by atoms with Crippen LogP contribution in [0.4, 0.5) is 5.95 Å². The average molecular weight is 384 g/mol. The molecule has 1 fully saturated rings. The number of nitrogens with zero attached hydrogens (tertiary/aromatic N) is 3. The smallest absolute Gasteiger partial charge is 0.201 e. The van der Waals surface area contributed by atoms with Crippen LogP contribution >= 0.6 is 22.6 Å². The number of imidazole rings is 1. The SMILES string of the molecule is CN(C)C1(Cn2c(N)nc3cc(I)ccc32)CCCC1. The fourth-order valence-electron chi connectivity index (χ4n) is 3.36. The number of benzene rings is 1. The van der Waals surface area contributed by atoms with Gasteiger partial charge in [-0.25, -0.2) is 4.98 Å². The van der Waals surface area contributed by atoms with Crippen LogP contribution in [0.5, 0.6) is 0 Å². The Morgan fingerprint density at radius 1 is 1.35 bits per heavy atom. The van der Waals surface area contributed by atoms with Crippen LogP contribution in [0.2, 0.25) is 0 Å². The first kappa shape index (κ1) is 14.1. The van der Waals surface area contributed by atoms with Gasteiger partial charge in [0.25, 0.3) is 0 Å². The fourth-order valence-corrected chi connectivity index (χ4v) is 3.84. The second-order valence-corrected chi connectivity index (χ2v) is 7.26. The Hall–Kier alpha value is -0.820. The molecule has 0 radical (unpaired) electrons. The van der Waals surface area contributed by atoms with Crippen molar-refractivity contribution in [1.82, 2.24) is 14.5 Å². The van der Waals surface area contributed by atoms with Crippen LogP contribution in [0, 0.1) is 3.57 Å². The molecule has 0 bridgehead atoms. The Bertz CT molecular complexity index is 626. The summed E-state index contributed by atoms with van der Waals surface area (Å²) in [6.45, 7) is 0.933. The quantitative estimate of drug-likeness (QED) is 0.828. The summed E-state index contributed by atoms with van der Waals surface area (Å²) in [4.78, 5) is 6.90. The highest BCUT2D eigenvalue weighted by molar-refractivity contribution is 14.1. The number of fused-ring (bicyclic) bond motifs is 1. The summed E-state index contributed by atoms with van der Waals surface area (Å²) in [6.07, 6.45) is 5.10. The first-order valence-corrected chi connectivity index (χ1v) is 8.18. The normalized spacial score (nSPS) is 18.2. The summed E-state index contributed by atoms with van der Waals surface area (Å²) in [7, 11) is 4.37. The Balaban J connectivity index is 2.04. The maximum Gasteiger partial charge on any atom is 0.201 e. The second-order valence-electron chi connectivity index (χ2n) is 6.02. The Kier molecular flexibility index (Phi) is 3.66. The van der Waals surface area contributed by atoms with Gasteiger partial charge >= 0.3 is 0 Å². The molecule has 1 saturated carbocycles. The number of aromatic nitrogens is 2. The van der Waals surface area contributed by atoms with Crippen molar-refractivity contribution >= 4 is 39.6 Å². The first-order valence-electron chi connectivity index (χ1n) is 7.11. The van der Waals surface area contributed by atoms with Gasteiger partial charge in [0.1, 0.15) is 0 Å². The zero-order valence-electron chi connectivity index (χ0n) is 12.1. The van der Waals surface area contributed by atoms with E-state index in [9.17, 15) is 0 Å². The molecule has 108 valence electrons. The molecule has 2 N–H and O–H groups in total. The van der Waals surface area contributed by atoms with E-state index in [0.29, 0.717) is 5.95 Å². The van der Waals surface area contributed by atoms with E-state index in [1.54, 1.807) is 0 Å². The van der Waals surface area contributed by atoms with Crippen molar-refractivity contribution in [2.45, 2.75) is 37.8 Å². The number of nitrogens with two attached hydrogens (primary N) is 1. The number of rotatable bonds is 3. The Morgan fingerprint density at radius 3 is 2.70 bits per heavy atom. The standard InChI is InChI=1S/C15H21IN4/c1-19(2)15(7-3-4-8-15)10-20-13-6-5-11(16)9-12(13)18-14(20)17/h5-6,9H,3-4,7-8,10H2,1-2H3,(H2,17,18). The molecule has 1 aliphatic rings. The van der Waals surface area contributed by atoms with E-state index in [4.69, 9.17) is 5.73 Å². The molecular formula is C15H21IN4. The largest absolute Gasteiger partial charge is 0.369 e. The lowest BCUT2D eigenvalue weighted by Gasteiger charge is -2.37. The number of anilines is 1. The van der Waals surface area contributed by atoms with Crippen LogP contribution in [0.1, 0.15) is 25.7 Å². The van der Waals surface area contributed by atoms with Crippen LogP contribution in [0.25, 0.3) is 11.0 Å². The monoisotopic (exact) mass is 384 g/mol. The van der Waals surface area contributed by atoms with Crippen LogP contribution < -0.4 is 5.73 Å². The summed E-state index contributed by atoms with van der Waals surface area (Å²) in [5.74, 6) is 0.634. The Morgan fingerprint density at radius 2 is 2.05 bits per heavy atom. The molecule has 1 heterocycles. The zero-order valence-corrected chi connectivity index (χ0v) is 14.2.